The number of rotatable bonds is 6. The Morgan fingerprint density at radius 3 is 2.76 bits per heavy atom. The van der Waals surface area contributed by atoms with Gasteiger partial charge in [0, 0.05) is 18.5 Å². The zero-order valence-electron chi connectivity index (χ0n) is 15.2. The van der Waals surface area contributed by atoms with Gasteiger partial charge in [0.15, 0.2) is 5.96 Å². The smallest absolute Gasteiger partial charge is 0.191 e. The Bertz CT molecular complexity index is 555. The van der Waals surface area contributed by atoms with Gasteiger partial charge in [0.05, 0.1) is 12.6 Å². The zero-order valence-corrected chi connectivity index (χ0v) is 17.6. The highest BCUT2D eigenvalue weighted by Crippen LogP contribution is 2.36. The van der Waals surface area contributed by atoms with E-state index in [0.717, 1.165) is 38.2 Å². The lowest BCUT2D eigenvalue weighted by atomic mass is 9.73. The van der Waals surface area contributed by atoms with Crippen LogP contribution in [0.15, 0.2) is 29.3 Å². The number of nitrogens with zero attached hydrogens (tertiary/aromatic N) is 1. The fourth-order valence-corrected chi connectivity index (χ4v) is 3.18. The number of hydrogen-bond acceptors (Lipinski definition) is 2. The molecule has 142 valence electrons. The molecular formula is C19H31FIN3O. The summed E-state index contributed by atoms with van der Waals surface area (Å²) in [7, 11) is 0. The van der Waals surface area contributed by atoms with Crippen LogP contribution in [-0.4, -0.2) is 36.8 Å². The van der Waals surface area contributed by atoms with E-state index in [1.165, 1.54) is 6.07 Å². The summed E-state index contributed by atoms with van der Waals surface area (Å²) in [6, 6.07) is 6.84. The maximum atomic E-state index is 13.6. The highest BCUT2D eigenvalue weighted by molar-refractivity contribution is 14.0. The van der Waals surface area contributed by atoms with Crippen molar-refractivity contribution in [3.8, 4) is 0 Å². The second-order valence-corrected chi connectivity index (χ2v) is 6.88. The van der Waals surface area contributed by atoms with Crippen molar-refractivity contribution >= 4 is 29.9 Å². The van der Waals surface area contributed by atoms with Crippen LogP contribution in [0.25, 0.3) is 0 Å². The molecule has 0 spiro atoms. The number of halogens is 2. The van der Waals surface area contributed by atoms with Crippen molar-refractivity contribution in [2.24, 2.45) is 10.4 Å². The molecule has 6 heteroatoms. The van der Waals surface area contributed by atoms with E-state index in [9.17, 15) is 9.50 Å². The standard InChI is InChI=1S/C19H30FN3O.HI/c1-3-21-18(22-13-11-15-8-4-5-9-16(15)20)23-14-19(2)12-7-6-10-17(19)24;/h4-5,8-9,17,24H,3,6-7,10-14H2,1-2H3,(H2,21,22,23);1H. The number of nitrogens with one attached hydrogen (secondary N) is 2. The van der Waals surface area contributed by atoms with Gasteiger partial charge in [-0.05, 0) is 37.8 Å². The summed E-state index contributed by atoms with van der Waals surface area (Å²) in [6.45, 7) is 6.12. The van der Waals surface area contributed by atoms with Gasteiger partial charge < -0.3 is 15.7 Å². The molecule has 0 amide bonds. The van der Waals surface area contributed by atoms with Crippen molar-refractivity contribution in [3.05, 3.63) is 35.6 Å². The van der Waals surface area contributed by atoms with E-state index in [4.69, 9.17) is 0 Å². The van der Waals surface area contributed by atoms with Crippen LogP contribution in [0.4, 0.5) is 4.39 Å². The van der Waals surface area contributed by atoms with Crippen LogP contribution in [0, 0.1) is 11.2 Å². The maximum Gasteiger partial charge on any atom is 0.191 e. The monoisotopic (exact) mass is 463 g/mol. The Morgan fingerprint density at radius 1 is 1.32 bits per heavy atom. The summed E-state index contributed by atoms with van der Waals surface area (Å²) in [4.78, 5) is 4.65. The first-order valence-corrected chi connectivity index (χ1v) is 8.99. The third-order valence-corrected chi connectivity index (χ3v) is 4.87. The zero-order chi connectivity index (χ0) is 17.4. The van der Waals surface area contributed by atoms with Gasteiger partial charge in [-0.3, -0.25) is 4.99 Å². The van der Waals surface area contributed by atoms with Crippen LogP contribution in [0.1, 0.15) is 45.1 Å². The lowest BCUT2D eigenvalue weighted by Gasteiger charge is -2.37. The van der Waals surface area contributed by atoms with Crippen molar-refractivity contribution in [3.63, 3.8) is 0 Å². The molecule has 0 heterocycles. The third-order valence-electron chi connectivity index (χ3n) is 4.87. The average Bonchev–Trinajstić information content (AvgIpc) is 2.57. The molecule has 4 nitrogen and oxygen atoms in total. The minimum atomic E-state index is -0.281. The van der Waals surface area contributed by atoms with Gasteiger partial charge in [0.25, 0.3) is 0 Å². The number of benzene rings is 1. The van der Waals surface area contributed by atoms with Crippen LogP contribution in [0.5, 0.6) is 0 Å². The van der Waals surface area contributed by atoms with Crippen LogP contribution >= 0.6 is 24.0 Å². The molecule has 0 aromatic heterocycles. The fourth-order valence-electron chi connectivity index (χ4n) is 3.18. The second kappa shape index (κ2) is 11.0. The van der Waals surface area contributed by atoms with Gasteiger partial charge in [0.1, 0.15) is 5.82 Å². The van der Waals surface area contributed by atoms with Crippen molar-refractivity contribution in [1.29, 1.82) is 0 Å². The summed E-state index contributed by atoms with van der Waals surface area (Å²) >= 11 is 0. The summed E-state index contributed by atoms with van der Waals surface area (Å²) in [5.41, 5.74) is 0.557. The number of hydrogen-bond donors (Lipinski definition) is 3. The largest absolute Gasteiger partial charge is 0.392 e. The van der Waals surface area contributed by atoms with Gasteiger partial charge >= 0.3 is 0 Å². The molecule has 25 heavy (non-hydrogen) atoms. The topological polar surface area (TPSA) is 56.7 Å². The van der Waals surface area contributed by atoms with E-state index in [1.54, 1.807) is 12.1 Å². The SMILES string of the molecule is CCNC(=NCC1(C)CCCCC1O)NCCc1ccccc1F.I. The van der Waals surface area contributed by atoms with Gasteiger partial charge in [-0.25, -0.2) is 4.39 Å². The molecule has 1 saturated carbocycles. The number of aliphatic imine (C=N–C) groups is 1. The summed E-state index contributed by atoms with van der Waals surface area (Å²) in [5.74, 6) is 0.562. The number of aliphatic hydroxyl groups excluding tert-OH is 1. The first kappa shape index (κ1) is 22.2. The molecule has 0 saturated heterocycles. The molecule has 2 rings (SSSR count). The number of guanidine groups is 1. The van der Waals surface area contributed by atoms with E-state index >= 15 is 0 Å². The molecule has 2 atom stereocenters. The van der Waals surface area contributed by atoms with E-state index in [1.807, 2.05) is 13.0 Å². The summed E-state index contributed by atoms with van der Waals surface area (Å²) < 4.78 is 13.6. The van der Waals surface area contributed by atoms with Crippen molar-refractivity contribution in [1.82, 2.24) is 10.6 Å². The Morgan fingerprint density at radius 2 is 2.08 bits per heavy atom. The Hall–Kier alpha value is -0.890. The minimum absolute atomic E-state index is 0. The highest BCUT2D eigenvalue weighted by Gasteiger charge is 2.35. The lowest BCUT2D eigenvalue weighted by Crippen LogP contribution is -2.42. The van der Waals surface area contributed by atoms with Crippen LogP contribution in [0.2, 0.25) is 0 Å². The molecule has 1 aromatic carbocycles. The normalized spacial score (nSPS) is 23.7. The molecule has 0 bridgehead atoms. The van der Waals surface area contributed by atoms with Crippen LogP contribution in [0.3, 0.4) is 0 Å². The van der Waals surface area contributed by atoms with Crippen molar-refractivity contribution in [2.45, 2.75) is 52.1 Å². The molecule has 1 aliphatic rings. The molecule has 0 aliphatic heterocycles. The van der Waals surface area contributed by atoms with Crippen LogP contribution < -0.4 is 10.6 Å². The highest BCUT2D eigenvalue weighted by atomic mass is 127. The molecule has 1 aromatic rings. The molecule has 0 radical (unpaired) electrons. The first-order valence-electron chi connectivity index (χ1n) is 8.99. The Kier molecular flexibility index (Phi) is 9.71. The molecule has 1 aliphatic carbocycles. The second-order valence-electron chi connectivity index (χ2n) is 6.88. The van der Waals surface area contributed by atoms with Gasteiger partial charge in [-0.1, -0.05) is 38.0 Å². The molecular weight excluding hydrogens is 432 g/mol. The van der Waals surface area contributed by atoms with Crippen molar-refractivity contribution < 1.29 is 9.50 Å². The third kappa shape index (κ3) is 6.73. The van der Waals surface area contributed by atoms with E-state index in [-0.39, 0.29) is 41.3 Å². The minimum Gasteiger partial charge on any atom is -0.392 e. The average molecular weight is 463 g/mol. The number of aliphatic hydroxyl groups is 1. The van der Waals surface area contributed by atoms with Crippen molar-refractivity contribution in [2.75, 3.05) is 19.6 Å². The van der Waals surface area contributed by atoms with E-state index < -0.39 is 0 Å². The van der Waals surface area contributed by atoms with Gasteiger partial charge in [-0.15, -0.1) is 24.0 Å². The molecule has 2 unspecified atom stereocenters. The summed E-state index contributed by atoms with van der Waals surface area (Å²) in [5, 5.41) is 16.8. The van der Waals surface area contributed by atoms with Crippen LogP contribution in [-0.2, 0) is 6.42 Å². The van der Waals surface area contributed by atoms with Gasteiger partial charge in [-0.2, -0.15) is 0 Å². The predicted molar refractivity (Wildman–Crippen MR) is 112 cm³/mol. The first-order chi connectivity index (χ1) is 11.5. The van der Waals surface area contributed by atoms with E-state index in [2.05, 4.69) is 22.5 Å². The molecule has 1 fully saturated rings. The lowest BCUT2D eigenvalue weighted by molar-refractivity contribution is 0.00716. The predicted octanol–water partition coefficient (Wildman–Crippen LogP) is 3.48. The van der Waals surface area contributed by atoms with E-state index in [0.29, 0.717) is 25.1 Å². The quantitative estimate of drug-likeness (QED) is 0.344. The fraction of sp³-hybridized carbons (Fsp3) is 0.632. The Balaban J connectivity index is 0.00000312. The Labute approximate surface area is 167 Å². The molecule has 3 N–H and O–H groups in total. The summed E-state index contributed by atoms with van der Waals surface area (Å²) in [6.07, 6.45) is 4.45. The van der Waals surface area contributed by atoms with Gasteiger partial charge in [0.2, 0.25) is 0 Å². The maximum absolute atomic E-state index is 13.6.